The van der Waals surface area contributed by atoms with Gasteiger partial charge in [0, 0.05) is 13.1 Å². The number of rotatable bonds is 5. The predicted molar refractivity (Wildman–Crippen MR) is 76.7 cm³/mol. The van der Waals surface area contributed by atoms with E-state index in [4.69, 9.17) is 5.73 Å². The summed E-state index contributed by atoms with van der Waals surface area (Å²) in [5.74, 6) is 1.01. The van der Waals surface area contributed by atoms with E-state index in [0.29, 0.717) is 5.69 Å². The second-order valence-corrected chi connectivity index (χ2v) is 5.50. The normalized spacial score (nSPS) is 13.4. The molecule has 0 fully saturated rings. The van der Waals surface area contributed by atoms with Crippen LogP contribution in [0.5, 0.6) is 0 Å². The molecule has 1 atom stereocenters. The molecule has 0 spiro atoms. The van der Waals surface area contributed by atoms with Gasteiger partial charge in [-0.15, -0.1) is 0 Å². The summed E-state index contributed by atoms with van der Waals surface area (Å²) in [6.45, 7) is 2.04. The maximum Gasteiger partial charge on any atom is 0.416 e. The molecule has 0 aliphatic carbocycles. The van der Waals surface area contributed by atoms with Gasteiger partial charge in [0.1, 0.15) is 0 Å². The lowest BCUT2D eigenvalue weighted by molar-refractivity contribution is -0.137. The number of halogens is 3. The molecule has 0 saturated carbocycles. The molecule has 19 heavy (non-hydrogen) atoms. The smallest absolute Gasteiger partial charge is 0.397 e. The van der Waals surface area contributed by atoms with Crippen molar-refractivity contribution < 1.29 is 13.2 Å². The largest absolute Gasteiger partial charge is 0.416 e. The minimum absolute atomic E-state index is 0.160. The lowest BCUT2D eigenvalue weighted by Crippen LogP contribution is -2.30. The quantitative estimate of drug-likeness (QED) is 0.835. The van der Waals surface area contributed by atoms with Crippen molar-refractivity contribution in [3.63, 3.8) is 0 Å². The number of benzene rings is 1. The number of hydrogen-bond donors (Lipinski definition) is 1. The van der Waals surface area contributed by atoms with Gasteiger partial charge >= 0.3 is 6.18 Å². The van der Waals surface area contributed by atoms with Gasteiger partial charge in [-0.2, -0.15) is 24.9 Å². The Morgan fingerprint density at radius 3 is 2.47 bits per heavy atom. The Bertz CT molecular complexity index is 421. The van der Waals surface area contributed by atoms with E-state index in [0.717, 1.165) is 24.3 Å². The summed E-state index contributed by atoms with van der Waals surface area (Å²) in [4.78, 5) is 1.92. The Kier molecular flexibility index (Phi) is 5.40. The molecule has 0 aliphatic rings. The summed E-state index contributed by atoms with van der Waals surface area (Å²) in [5.41, 5.74) is 5.83. The minimum atomic E-state index is -4.35. The fraction of sp³-hybridized carbons (Fsp3) is 0.538. The van der Waals surface area contributed by atoms with E-state index in [1.54, 1.807) is 11.8 Å². The Hall–Kier alpha value is -1.04. The summed E-state index contributed by atoms with van der Waals surface area (Å²) in [6, 6.07) is 3.73. The molecule has 0 bridgehead atoms. The fourth-order valence-corrected chi connectivity index (χ4v) is 2.35. The molecule has 0 aliphatic heterocycles. The van der Waals surface area contributed by atoms with Crippen molar-refractivity contribution >= 4 is 23.1 Å². The van der Waals surface area contributed by atoms with Crippen molar-refractivity contribution in [2.75, 3.05) is 29.7 Å². The molecule has 1 rings (SSSR count). The van der Waals surface area contributed by atoms with E-state index < -0.39 is 11.7 Å². The number of nitrogens with two attached hydrogens (primary N) is 1. The van der Waals surface area contributed by atoms with E-state index >= 15 is 0 Å². The lowest BCUT2D eigenvalue weighted by atomic mass is 10.1. The molecule has 2 N–H and O–H groups in total. The van der Waals surface area contributed by atoms with Crippen LogP contribution >= 0.6 is 11.8 Å². The zero-order valence-electron chi connectivity index (χ0n) is 11.3. The van der Waals surface area contributed by atoms with Crippen molar-refractivity contribution in [2.24, 2.45) is 0 Å². The third-order valence-corrected chi connectivity index (χ3v) is 3.78. The second kappa shape index (κ2) is 6.41. The Labute approximate surface area is 116 Å². The fourth-order valence-electron chi connectivity index (χ4n) is 1.77. The monoisotopic (exact) mass is 292 g/mol. The number of hydrogen-bond acceptors (Lipinski definition) is 3. The van der Waals surface area contributed by atoms with E-state index in [9.17, 15) is 13.2 Å². The molecule has 0 aromatic heterocycles. The second-order valence-electron chi connectivity index (χ2n) is 4.51. The molecular weight excluding hydrogens is 273 g/mol. The van der Waals surface area contributed by atoms with Crippen molar-refractivity contribution in [3.05, 3.63) is 23.8 Å². The summed E-state index contributed by atoms with van der Waals surface area (Å²) in [6.07, 6.45) is -1.37. The summed E-state index contributed by atoms with van der Waals surface area (Å²) >= 11 is 1.75. The molecule has 0 amide bonds. The first kappa shape index (κ1) is 16.0. The van der Waals surface area contributed by atoms with Crippen LogP contribution in [0.25, 0.3) is 0 Å². The van der Waals surface area contributed by atoms with Gasteiger partial charge in [-0.05, 0) is 43.6 Å². The number of thioether (sulfide) groups is 1. The van der Waals surface area contributed by atoms with Crippen molar-refractivity contribution in [1.82, 2.24) is 0 Å². The van der Waals surface area contributed by atoms with Crippen molar-refractivity contribution in [3.8, 4) is 0 Å². The molecule has 0 heterocycles. The van der Waals surface area contributed by atoms with Crippen molar-refractivity contribution in [1.29, 1.82) is 0 Å². The molecule has 1 unspecified atom stereocenters. The van der Waals surface area contributed by atoms with Crippen LogP contribution in [0.15, 0.2) is 18.2 Å². The van der Waals surface area contributed by atoms with Crippen LogP contribution in [-0.2, 0) is 6.18 Å². The zero-order chi connectivity index (χ0) is 14.6. The van der Waals surface area contributed by atoms with Crippen LogP contribution in [0.3, 0.4) is 0 Å². The zero-order valence-corrected chi connectivity index (χ0v) is 12.1. The maximum absolute atomic E-state index is 12.6. The van der Waals surface area contributed by atoms with Gasteiger partial charge in [-0.1, -0.05) is 0 Å². The Morgan fingerprint density at radius 1 is 1.37 bits per heavy atom. The van der Waals surface area contributed by atoms with Crippen LogP contribution in [0, 0.1) is 0 Å². The number of nitrogen functional groups attached to an aromatic ring is 1. The van der Waals surface area contributed by atoms with Gasteiger partial charge < -0.3 is 10.6 Å². The SMILES string of the molecule is CSCCC(C)N(C)c1ccc(C(F)(F)F)cc1N. The summed E-state index contributed by atoms with van der Waals surface area (Å²) < 4.78 is 37.7. The van der Waals surface area contributed by atoms with Gasteiger partial charge in [0.05, 0.1) is 16.9 Å². The van der Waals surface area contributed by atoms with Crippen LogP contribution in [0.1, 0.15) is 18.9 Å². The predicted octanol–water partition coefficient (Wildman–Crippen LogP) is 3.87. The Balaban J connectivity index is 2.90. The third kappa shape index (κ3) is 4.23. The first-order valence-electron chi connectivity index (χ1n) is 5.96. The molecular formula is C13H19F3N2S. The summed E-state index contributed by atoms with van der Waals surface area (Å²) in [5, 5.41) is 0. The molecule has 1 aromatic carbocycles. The minimum Gasteiger partial charge on any atom is -0.397 e. The number of alkyl halides is 3. The van der Waals surface area contributed by atoms with E-state index in [-0.39, 0.29) is 11.7 Å². The molecule has 0 saturated heterocycles. The average Bonchev–Trinajstić information content (AvgIpc) is 2.33. The van der Waals surface area contributed by atoms with Gasteiger partial charge in [-0.25, -0.2) is 0 Å². The van der Waals surface area contributed by atoms with Gasteiger partial charge in [0.25, 0.3) is 0 Å². The molecule has 108 valence electrons. The van der Waals surface area contributed by atoms with Gasteiger partial charge in [-0.3, -0.25) is 0 Å². The highest BCUT2D eigenvalue weighted by molar-refractivity contribution is 7.98. The first-order valence-corrected chi connectivity index (χ1v) is 7.35. The van der Waals surface area contributed by atoms with E-state index in [1.165, 1.54) is 6.07 Å². The standard InChI is InChI=1S/C13H19F3N2S/c1-9(6-7-19-3)18(2)12-5-4-10(8-11(12)17)13(14,15)16/h4-5,8-9H,6-7,17H2,1-3H3. The third-order valence-electron chi connectivity index (χ3n) is 3.14. The van der Waals surface area contributed by atoms with Crippen LogP contribution in [0.2, 0.25) is 0 Å². The van der Waals surface area contributed by atoms with Gasteiger partial charge in [0.2, 0.25) is 0 Å². The van der Waals surface area contributed by atoms with E-state index in [2.05, 4.69) is 0 Å². The topological polar surface area (TPSA) is 29.3 Å². The van der Waals surface area contributed by atoms with Gasteiger partial charge in [0.15, 0.2) is 0 Å². The number of anilines is 2. The van der Waals surface area contributed by atoms with Crippen LogP contribution in [-0.4, -0.2) is 25.1 Å². The molecule has 1 aromatic rings. The molecule has 6 heteroatoms. The van der Waals surface area contributed by atoms with E-state index in [1.807, 2.05) is 25.1 Å². The average molecular weight is 292 g/mol. The van der Waals surface area contributed by atoms with Crippen LogP contribution < -0.4 is 10.6 Å². The van der Waals surface area contributed by atoms with Crippen LogP contribution in [0.4, 0.5) is 24.5 Å². The molecule has 2 nitrogen and oxygen atoms in total. The number of nitrogens with zero attached hydrogens (tertiary/aromatic N) is 1. The Morgan fingerprint density at radius 2 is 2.00 bits per heavy atom. The lowest BCUT2D eigenvalue weighted by Gasteiger charge is -2.28. The first-order chi connectivity index (χ1) is 8.77. The highest BCUT2D eigenvalue weighted by atomic mass is 32.2. The maximum atomic E-state index is 12.6. The highest BCUT2D eigenvalue weighted by Crippen LogP contribution is 2.34. The highest BCUT2D eigenvalue weighted by Gasteiger charge is 2.31. The molecule has 0 radical (unpaired) electrons. The van der Waals surface area contributed by atoms with Crippen molar-refractivity contribution in [2.45, 2.75) is 25.6 Å². The summed E-state index contributed by atoms with van der Waals surface area (Å²) in [7, 11) is 1.85.